The van der Waals surface area contributed by atoms with E-state index in [-0.39, 0.29) is 63.3 Å². The lowest BCUT2D eigenvalue weighted by Crippen LogP contribution is -2.68. The summed E-state index contributed by atoms with van der Waals surface area (Å²) >= 11 is 0. The Morgan fingerprint density at radius 2 is 1.21 bits per heavy atom. The van der Waals surface area contributed by atoms with Crippen molar-refractivity contribution in [1.29, 1.82) is 0 Å². The van der Waals surface area contributed by atoms with Crippen molar-refractivity contribution in [2.75, 3.05) is 89.0 Å². The number of rotatable bonds is 22. The van der Waals surface area contributed by atoms with Gasteiger partial charge in [0.15, 0.2) is 18.9 Å². The molecule has 0 aromatic carbocycles. The van der Waals surface area contributed by atoms with Crippen molar-refractivity contribution in [2.45, 2.75) is 117 Å². The van der Waals surface area contributed by atoms with E-state index in [0.717, 1.165) is 0 Å². The van der Waals surface area contributed by atoms with E-state index >= 15 is 0 Å². The first-order chi connectivity index (χ1) is 27.2. The van der Waals surface area contributed by atoms with Gasteiger partial charge in [-0.25, -0.2) is 0 Å². The van der Waals surface area contributed by atoms with Crippen LogP contribution in [0, 0.1) is 17.8 Å². The molecule has 1 aliphatic carbocycles. The fraction of sp³-hybridized carbons (Fsp3) is 1.00. The maximum Gasteiger partial charge on any atom is 0.187 e. The third-order valence-corrected chi connectivity index (χ3v) is 12.1. The first-order valence-electron chi connectivity index (χ1n) is 19.7. The van der Waals surface area contributed by atoms with Gasteiger partial charge in [0.25, 0.3) is 0 Å². The number of nitrogens with one attached hydrogen (secondary N) is 5. The standard InChI is InChI=1S/C35H69N9O12/c1-38-13-24-17(14-46)18(15-47)26(41-4)33(53-24)54-29-21(40-3)12-20(39-2)28(49-6)31(29)56-35-32(50-7)30(23(52-35)9-11-45)55-34-27(42-5)19(16-48)25(43-44-37)22(51-34)8-10-36/h17-35,38-42,45-48H,8-16,36H2,1-7H3. The molecule has 56 heavy (non-hydrogen) atoms. The first-order valence-corrected chi connectivity index (χ1v) is 19.7. The van der Waals surface area contributed by atoms with Gasteiger partial charge in [0.05, 0.1) is 36.4 Å². The van der Waals surface area contributed by atoms with Crippen LogP contribution in [0.3, 0.4) is 0 Å². The molecule has 0 aromatic rings. The summed E-state index contributed by atoms with van der Waals surface area (Å²) in [5.41, 5.74) is 15.2. The number of likely N-dealkylation sites (N-methyl/N-ethyl adjacent to an activating group) is 5. The lowest BCUT2D eigenvalue weighted by Gasteiger charge is -2.51. The van der Waals surface area contributed by atoms with Crippen molar-refractivity contribution < 1.29 is 58.3 Å². The lowest BCUT2D eigenvalue weighted by molar-refractivity contribution is -0.307. The van der Waals surface area contributed by atoms with Gasteiger partial charge in [-0.05, 0) is 66.6 Å². The third-order valence-electron chi connectivity index (χ3n) is 12.1. The molecule has 0 amide bonds. The summed E-state index contributed by atoms with van der Waals surface area (Å²) in [6, 6.07) is -2.23. The summed E-state index contributed by atoms with van der Waals surface area (Å²) in [6.45, 7) is -0.224. The molecule has 0 spiro atoms. The van der Waals surface area contributed by atoms with Crippen LogP contribution in [0.25, 0.3) is 10.4 Å². The molecule has 19 atom stereocenters. The molecule has 1 saturated carbocycles. The average molecular weight is 808 g/mol. The molecule has 4 rings (SSSR count). The highest BCUT2D eigenvalue weighted by atomic mass is 16.8. The maximum absolute atomic E-state index is 10.5. The molecule has 4 fully saturated rings. The first kappa shape index (κ1) is 47.3. The molecular formula is C35H69N9O12. The summed E-state index contributed by atoms with van der Waals surface area (Å²) < 4.78 is 52.2. The number of hydrogen-bond acceptors (Lipinski definition) is 19. The number of ether oxygens (including phenoxy) is 8. The van der Waals surface area contributed by atoms with Gasteiger partial charge >= 0.3 is 0 Å². The Labute approximate surface area is 329 Å². The Bertz CT molecular complexity index is 1190. The molecule has 11 N–H and O–H groups in total. The van der Waals surface area contributed by atoms with Gasteiger partial charge in [-0.2, -0.15) is 0 Å². The number of aliphatic hydroxyl groups is 4. The van der Waals surface area contributed by atoms with Crippen molar-refractivity contribution in [3.8, 4) is 0 Å². The molecule has 0 bridgehead atoms. The Kier molecular flexibility index (Phi) is 19.8. The van der Waals surface area contributed by atoms with Crippen LogP contribution in [0.15, 0.2) is 5.11 Å². The van der Waals surface area contributed by atoms with Crippen molar-refractivity contribution >= 4 is 0 Å². The highest BCUT2D eigenvalue weighted by molar-refractivity contribution is 5.04. The van der Waals surface area contributed by atoms with Gasteiger partial charge in [-0.15, -0.1) is 0 Å². The van der Waals surface area contributed by atoms with Gasteiger partial charge in [-0.1, -0.05) is 5.11 Å². The third kappa shape index (κ3) is 10.3. The minimum atomic E-state index is -1.04. The normalized spacial score (nSPS) is 43.1. The lowest BCUT2D eigenvalue weighted by atomic mass is 9.79. The number of azide groups is 1. The molecule has 0 radical (unpaired) electrons. The van der Waals surface area contributed by atoms with Gasteiger partial charge < -0.3 is 90.6 Å². The van der Waals surface area contributed by atoms with E-state index < -0.39 is 91.7 Å². The van der Waals surface area contributed by atoms with E-state index in [1.807, 2.05) is 14.1 Å². The second kappa shape index (κ2) is 23.4. The quantitative estimate of drug-likeness (QED) is 0.0289. The second-order valence-corrected chi connectivity index (χ2v) is 14.9. The van der Waals surface area contributed by atoms with Crippen LogP contribution in [0.2, 0.25) is 0 Å². The zero-order valence-corrected chi connectivity index (χ0v) is 33.8. The number of nitrogens with zero attached hydrogens (tertiary/aromatic N) is 3. The predicted molar refractivity (Wildman–Crippen MR) is 202 cm³/mol. The Balaban J connectivity index is 1.68. The molecule has 21 heteroatoms. The Morgan fingerprint density at radius 1 is 0.661 bits per heavy atom. The zero-order chi connectivity index (χ0) is 40.9. The molecule has 21 nitrogen and oxygen atoms in total. The van der Waals surface area contributed by atoms with Crippen molar-refractivity contribution in [3.05, 3.63) is 10.4 Å². The predicted octanol–water partition coefficient (Wildman–Crippen LogP) is -3.44. The molecule has 0 aromatic heterocycles. The topological polar surface area (TPSA) is 290 Å². The van der Waals surface area contributed by atoms with Crippen LogP contribution in [0.5, 0.6) is 0 Å². The fourth-order valence-electron chi connectivity index (χ4n) is 9.22. The van der Waals surface area contributed by atoms with Crippen molar-refractivity contribution in [2.24, 2.45) is 28.6 Å². The van der Waals surface area contributed by atoms with Crippen LogP contribution in [0.1, 0.15) is 19.3 Å². The maximum atomic E-state index is 10.5. The Morgan fingerprint density at radius 3 is 1.73 bits per heavy atom. The van der Waals surface area contributed by atoms with Crippen LogP contribution < -0.4 is 32.3 Å². The van der Waals surface area contributed by atoms with Gasteiger partial charge in [-0.3, -0.25) is 0 Å². The SMILES string of the molecule is CNCC1OC(OC2C(NC)CC(NC)C(OC)C2OC2OC(CCO)C(OC3OC(CCN)C(N=[N+]=[N-])C(CO)C3NC)C2OC)C(NC)C(CO)C1CO. The van der Waals surface area contributed by atoms with E-state index in [0.29, 0.717) is 19.4 Å². The minimum absolute atomic E-state index is 0.175. The monoisotopic (exact) mass is 808 g/mol. The van der Waals surface area contributed by atoms with E-state index in [9.17, 15) is 26.0 Å². The second-order valence-electron chi connectivity index (χ2n) is 14.9. The number of hydrogen-bond donors (Lipinski definition) is 10. The van der Waals surface area contributed by atoms with Crippen LogP contribution in [-0.2, 0) is 37.9 Å². The highest BCUT2D eigenvalue weighted by Crippen LogP contribution is 2.39. The average Bonchev–Trinajstić information content (AvgIpc) is 3.53. The van der Waals surface area contributed by atoms with Crippen LogP contribution in [-0.4, -0.2) is 207 Å². The minimum Gasteiger partial charge on any atom is -0.396 e. The molecule has 3 heterocycles. The number of methoxy groups -OCH3 is 2. The van der Waals surface area contributed by atoms with E-state index in [1.165, 1.54) is 7.11 Å². The molecular weight excluding hydrogens is 738 g/mol. The smallest absolute Gasteiger partial charge is 0.187 e. The molecule has 3 saturated heterocycles. The van der Waals surface area contributed by atoms with Crippen molar-refractivity contribution in [1.82, 2.24) is 26.6 Å². The fourth-order valence-corrected chi connectivity index (χ4v) is 9.22. The largest absolute Gasteiger partial charge is 0.396 e. The summed E-state index contributed by atoms with van der Waals surface area (Å²) in [5.74, 6) is -1.29. The van der Waals surface area contributed by atoms with E-state index in [2.05, 4.69) is 36.6 Å². The summed E-state index contributed by atoms with van der Waals surface area (Å²) in [6.07, 6.45) is -7.23. The molecule has 326 valence electrons. The molecule has 3 aliphatic heterocycles. The number of aliphatic hydroxyl groups excluding tert-OH is 4. The summed E-state index contributed by atoms with van der Waals surface area (Å²) in [4.78, 5) is 3.00. The van der Waals surface area contributed by atoms with Crippen molar-refractivity contribution in [3.63, 3.8) is 0 Å². The van der Waals surface area contributed by atoms with E-state index in [1.54, 1.807) is 28.3 Å². The zero-order valence-electron chi connectivity index (χ0n) is 33.8. The van der Waals surface area contributed by atoms with Crippen LogP contribution in [0.4, 0.5) is 0 Å². The van der Waals surface area contributed by atoms with Gasteiger partial charge in [0.1, 0.15) is 30.5 Å². The van der Waals surface area contributed by atoms with Gasteiger partial charge in [0.2, 0.25) is 0 Å². The molecule has 19 unspecified atom stereocenters. The summed E-state index contributed by atoms with van der Waals surface area (Å²) in [7, 11) is 12.1. The van der Waals surface area contributed by atoms with E-state index in [4.69, 9.17) is 43.6 Å². The molecule has 4 aliphatic rings. The number of nitrogens with two attached hydrogens (primary N) is 1. The van der Waals surface area contributed by atoms with Crippen LogP contribution >= 0.6 is 0 Å². The highest BCUT2D eigenvalue weighted by Gasteiger charge is 2.56. The van der Waals surface area contributed by atoms with Gasteiger partial charge in [0, 0.05) is 81.9 Å². The summed E-state index contributed by atoms with van der Waals surface area (Å²) in [5, 5.41) is 61.8. The Hall–Kier alpha value is -1.41.